The van der Waals surface area contributed by atoms with Crippen LogP contribution < -0.4 is 21.7 Å². The van der Waals surface area contributed by atoms with Crippen molar-refractivity contribution in [3.8, 4) is 0 Å². The number of hydrogen-bond acceptors (Lipinski definition) is 6. The van der Waals surface area contributed by atoms with Crippen molar-refractivity contribution in [3.05, 3.63) is 0 Å². The van der Waals surface area contributed by atoms with Crippen LogP contribution >= 0.6 is 0 Å². The predicted molar refractivity (Wildman–Crippen MR) is 108 cm³/mol. The lowest BCUT2D eigenvalue weighted by Crippen LogP contribution is -2.58. The summed E-state index contributed by atoms with van der Waals surface area (Å²) in [6, 6.07) is -3.13. The SMILES string of the molecule is CCC(C)C(N)C(=O)NC(CCC(=O)O)C(=O)NC(C(=O)NCC(=O)O)C(C)CC. The Hall–Kier alpha value is -2.69. The van der Waals surface area contributed by atoms with Crippen molar-refractivity contribution in [3.63, 3.8) is 0 Å². The summed E-state index contributed by atoms with van der Waals surface area (Å²) in [5, 5.41) is 24.9. The van der Waals surface area contributed by atoms with Gasteiger partial charge in [-0.1, -0.05) is 40.5 Å². The first-order valence-electron chi connectivity index (χ1n) is 10.0. The summed E-state index contributed by atoms with van der Waals surface area (Å²) in [4.78, 5) is 59.1. The lowest BCUT2D eigenvalue weighted by molar-refractivity contribution is -0.139. The van der Waals surface area contributed by atoms with E-state index in [9.17, 15) is 24.0 Å². The van der Waals surface area contributed by atoms with Crippen molar-refractivity contribution >= 4 is 29.7 Å². The van der Waals surface area contributed by atoms with E-state index in [-0.39, 0.29) is 24.7 Å². The fourth-order valence-electron chi connectivity index (χ4n) is 2.55. The molecule has 11 heteroatoms. The van der Waals surface area contributed by atoms with E-state index < -0.39 is 54.3 Å². The summed E-state index contributed by atoms with van der Waals surface area (Å²) in [5.41, 5.74) is 5.88. The average Bonchev–Trinajstić information content (AvgIpc) is 2.70. The molecule has 0 spiro atoms. The van der Waals surface area contributed by atoms with Gasteiger partial charge < -0.3 is 31.9 Å². The zero-order valence-electron chi connectivity index (χ0n) is 17.9. The molecule has 0 aliphatic heterocycles. The molecule has 172 valence electrons. The van der Waals surface area contributed by atoms with Gasteiger partial charge in [-0.05, 0) is 18.3 Å². The third kappa shape index (κ3) is 9.68. The highest BCUT2D eigenvalue weighted by molar-refractivity contribution is 5.94. The molecular weight excluding hydrogens is 396 g/mol. The molecule has 0 aliphatic carbocycles. The van der Waals surface area contributed by atoms with Crippen molar-refractivity contribution in [1.29, 1.82) is 0 Å². The lowest BCUT2D eigenvalue weighted by Gasteiger charge is -2.27. The van der Waals surface area contributed by atoms with E-state index in [1.165, 1.54) is 0 Å². The summed E-state index contributed by atoms with van der Waals surface area (Å²) in [5.74, 6) is -4.88. The first kappa shape index (κ1) is 27.3. The van der Waals surface area contributed by atoms with Crippen LogP contribution in [0.15, 0.2) is 0 Å². The summed E-state index contributed by atoms with van der Waals surface area (Å²) in [7, 11) is 0. The highest BCUT2D eigenvalue weighted by Gasteiger charge is 2.31. The number of carboxylic acid groups (broad SMARTS) is 2. The van der Waals surface area contributed by atoms with Gasteiger partial charge in [0.2, 0.25) is 17.7 Å². The molecule has 0 saturated carbocycles. The minimum atomic E-state index is -1.23. The number of hydrogen-bond donors (Lipinski definition) is 6. The molecule has 0 radical (unpaired) electrons. The fraction of sp³-hybridized carbons (Fsp3) is 0.737. The standard InChI is InChI=1S/C19H34N4O7/c1-5-10(3)15(20)18(29)22-12(7-8-13(24)25)17(28)23-16(11(4)6-2)19(30)21-9-14(26)27/h10-12,15-16H,5-9,20H2,1-4H3,(H,21,30)(H,22,29)(H,23,28)(H,24,25)(H,26,27). The number of carbonyl (C=O) groups is 5. The van der Waals surface area contributed by atoms with Crippen molar-refractivity contribution < 1.29 is 34.2 Å². The minimum Gasteiger partial charge on any atom is -0.481 e. The number of amides is 3. The first-order chi connectivity index (χ1) is 13.9. The summed E-state index contributed by atoms with van der Waals surface area (Å²) in [6.07, 6.45) is 0.580. The van der Waals surface area contributed by atoms with Crippen molar-refractivity contribution in [1.82, 2.24) is 16.0 Å². The van der Waals surface area contributed by atoms with E-state index in [0.717, 1.165) is 0 Å². The van der Waals surface area contributed by atoms with E-state index in [0.29, 0.717) is 12.8 Å². The van der Waals surface area contributed by atoms with Gasteiger partial charge in [0.1, 0.15) is 18.6 Å². The summed E-state index contributed by atoms with van der Waals surface area (Å²) >= 11 is 0. The van der Waals surface area contributed by atoms with Crippen LogP contribution in [0.3, 0.4) is 0 Å². The molecule has 7 N–H and O–H groups in total. The van der Waals surface area contributed by atoms with Crippen LogP contribution in [0.4, 0.5) is 0 Å². The quantitative estimate of drug-likeness (QED) is 0.211. The number of carbonyl (C=O) groups excluding carboxylic acids is 3. The molecule has 0 rings (SSSR count). The third-order valence-electron chi connectivity index (χ3n) is 5.05. The Morgan fingerprint density at radius 1 is 0.833 bits per heavy atom. The Morgan fingerprint density at radius 3 is 1.87 bits per heavy atom. The molecular formula is C19H34N4O7. The normalized spacial score (nSPS) is 15.8. The van der Waals surface area contributed by atoms with Gasteiger partial charge in [0.05, 0.1) is 6.04 Å². The maximum Gasteiger partial charge on any atom is 0.322 e. The molecule has 30 heavy (non-hydrogen) atoms. The Balaban J connectivity index is 5.41. The van der Waals surface area contributed by atoms with Gasteiger partial charge in [-0.25, -0.2) is 0 Å². The Labute approximate surface area is 176 Å². The summed E-state index contributed by atoms with van der Waals surface area (Å²) < 4.78 is 0. The van der Waals surface area contributed by atoms with Crippen molar-refractivity contribution in [2.24, 2.45) is 17.6 Å². The van der Waals surface area contributed by atoms with Crippen molar-refractivity contribution in [2.45, 2.75) is 71.5 Å². The number of nitrogens with two attached hydrogens (primary N) is 1. The second-order valence-electron chi connectivity index (χ2n) is 7.39. The van der Waals surface area contributed by atoms with E-state index in [4.69, 9.17) is 15.9 Å². The molecule has 0 aliphatic rings. The Bertz CT molecular complexity index is 626. The zero-order valence-corrected chi connectivity index (χ0v) is 17.9. The van der Waals surface area contributed by atoms with Crippen LogP contribution in [-0.2, 0) is 24.0 Å². The topological polar surface area (TPSA) is 188 Å². The molecule has 3 amide bonds. The monoisotopic (exact) mass is 430 g/mol. The van der Waals surface area contributed by atoms with Gasteiger partial charge in [0, 0.05) is 6.42 Å². The molecule has 0 fully saturated rings. The average molecular weight is 431 g/mol. The van der Waals surface area contributed by atoms with Crippen LogP contribution in [0.5, 0.6) is 0 Å². The van der Waals surface area contributed by atoms with Crippen molar-refractivity contribution in [2.75, 3.05) is 6.54 Å². The highest BCUT2D eigenvalue weighted by Crippen LogP contribution is 2.10. The fourth-order valence-corrected chi connectivity index (χ4v) is 2.55. The van der Waals surface area contributed by atoms with Crippen LogP contribution in [0.2, 0.25) is 0 Å². The molecule has 0 aromatic rings. The predicted octanol–water partition coefficient (Wildman–Crippen LogP) is -0.559. The number of carboxylic acids is 2. The maximum atomic E-state index is 12.8. The van der Waals surface area contributed by atoms with Gasteiger partial charge >= 0.3 is 11.9 Å². The Kier molecular flexibility index (Phi) is 12.3. The molecule has 5 atom stereocenters. The second kappa shape index (κ2) is 13.5. The zero-order chi connectivity index (χ0) is 23.4. The number of nitrogens with one attached hydrogen (secondary N) is 3. The first-order valence-corrected chi connectivity index (χ1v) is 10.0. The van der Waals surface area contributed by atoms with Crippen LogP contribution in [-0.4, -0.2) is 64.5 Å². The van der Waals surface area contributed by atoms with Gasteiger partial charge in [-0.2, -0.15) is 0 Å². The molecule has 0 bridgehead atoms. The van der Waals surface area contributed by atoms with E-state index >= 15 is 0 Å². The smallest absolute Gasteiger partial charge is 0.322 e. The largest absolute Gasteiger partial charge is 0.481 e. The van der Waals surface area contributed by atoms with Crippen LogP contribution in [0.25, 0.3) is 0 Å². The van der Waals surface area contributed by atoms with Crippen LogP contribution in [0.1, 0.15) is 53.4 Å². The van der Waals surface area contributed by atoms with E-state index in [1.54, 1.807) is 20.8 Å². The van der Waals surface area contributed by atoms with E-state index in [2.05, 4.69) is 16.0 Å². The molecule has 11 nitrogen and oxygen atoms in total. The van der Waals surface area contributed by atoms with Gasteiger partial charge in [-0.3, -0.25) is 24.0 Å². The molecule has 0 heterocycles. The van der Waals surface area contributed by atoms with Gasteiger partial charge in [0.15, 0.2) is 0 Å². The summed E-state index contributed by atoms with van der Waals surface area (Å²) in [6.45, 7) is 6.53. The second-order valence-corrected chi connectivity index (χ2v) is 7.39. The number of rotatable bonds is 14. The minimum absolute atomic E-state index is 0.150. The maximum absolute atomic E-state index is 12.8. The molecule has 0 saturated heterocycles. The molecule has 5 unspecified atom stereocenters. The highest BCUT2D eigenvalue weighted by atomic mass is 16.4. The Morgan fingerprint density at radius 2 is 1.40 bits per heavy atom. The number of aliphatic carboxylic acids is 2. The van der Waals surface area contributed by atoms with Gasteiger partial charge in [-0.15, -0.1) is 0 Å². The van der Waals surface area contributed by atoms with Crippen LogP contribution in [0, 0.1) is 11.8 Å². The van der Waals surface area contributed by atoms with E-state index in [1.807, 2.05) is 6.92 Å². The van der Waals surface area contributed by atoms with Gasteiger partial charge in [0.25, 0.3) is 0 Å². The molecule has 0 aromatic heterocycles. The third-order valence-corrected chi connectivity index (χ3v) is 5.05. The molecule has 0 aromatic carbocycles. The lowest BCUT2D eigenvalue weighted by atomic mass is 9.97.